The van der Waals surface area contributed by atoms with E-state index in [1.165, 1.54) is 0 Å². The molecule has 2 atom stereocenters. The molecule has 4 rings (SSSR count). The molecular formula is C27H33N3O4S. The van der Waals surface area contributed by atoms with Gasteiger partial charge in [0.2, 0.25) is 0 Å². The largest absolute Gasteiger partial charge is 0.481 e. The van der Waals surface area contributed by atoms with Crippen molar-refractivity contribution in [1.29, 1.82) is 0 Å². The number of nitrogens with zero attached hydrogens (tertiary/aromatic N) is 2. The zero-order valence-electron chi connectivity index (χ0n) is 20.1. The van der Waals surface area contributed by atoms with Crippen molar-refractivity contribution in [2.75, 3.05) is 38.3 Å². The second kappa shape index (κ2) is 11.4. The second-order valence-electron chi connectivity index (χ2n) is 9.25. The molecule has 7 nitrogen and oxygen atoms in total. The van der Waals surface area contributed by atoms with E-state index in [0.29, 0.717) is 37.0 Å². The number of rotatable bonds is 9. The molecule has 0 spiro atoms. The minimum Gasteiger partial charge on any atom is -0.481 e. The van der Waals surface area contributed by atoms with Crippen LogP contribution in [0.5, 0.6) is 0 Å². The van der Waals surface area contributed by atoms with Gasteiger partial charge < -0.3 is 15.6 Å². The van der Waals surface area contributed by atoms with Gasteiger partial charge in [-0.1, -0.05) is 36.4 Å². The molecule has 1 aliphatic carbocycles. The number of carbonyl (C=O) groups is 2. The third kappa shape index (κ3) is 5.94. The van der Waals surface area contributed by atoms with Crippen molar-refractivity contribution in [1.82, 2.24) is 5.01 Å². The first kappa shape index (κ1) is 25.4. The average molecular weight is 496 g/mol. The lowest BCUT2D eigenvalue weighted by Gasteiger charge is -2.42. The molecule has 1 heterocycles. The van der Waals surface area contributed by atoms with Crippen LogP contribution in [0.1, 0.15) is 51.9 Å². The topological polar surface area (TPSA) is 105 Å². The molecule has 35 heavy (non-hydrogen) atoms. The molecule has 2 aromatic rings. The van der Waals surface area contributed by atoms with Crippen LogP contribution in [0.3, 0.4) is 0 Å². The van der Waals surface area contributed by atoms with E-state index in [0.717, 1.165) is 41.3 Å². The number of fused-ring (bicyclic) bond motifs is 1. The summed E-state index contributed by atoms with van der Waals surface area (Å²) in [5.74, 6) is 1.13. The quantitative estimate of drug-likeness (QED) is 0.405. The Morgan fingerprint density at radius 3 is 2.60 bits per heavy atom. The Balaban J connectivity index is 1.51. The minimum atomic E-state index is -0.846. The van der Waals surface area contributed by atoms with Crippen molar-refractivity contribution >= 4 is 29.7 Å². The smallest absolute Gasteiger partial charge is 0.303 e. The zero-order valence-corrected chi connectivity index (χ0v) is 20.9. The number of ketones is 1. The Kier molecular flexibility index (Phi) is 8.26. The molecule has 0 amide bonds. The highest BCUT2D eigenvalue weighted by Gasteiger charge is 2.41. The summed E-state index contributed by atoms with van der Waals surface area (Å²) in [7, 11) is 1.62. The van der Waals surface area contributed by atoms with E-state index in [1.54, 1.807) is 7.11 Å². The lowest BCUT2D eigenvalue weighted by molar-refractivity contribution is -0.139. The monoisotopic (exact) mass is 495 g/mol. The van der Waals surface area contributed by atoms with Crippen LogP contribution in [0.4, 0.5) is 0 Å². The number of methoxy groups -OCH3 is 1. The lowest BCUT2D eigenvalue weighted by Crippen LogP contribution is -2.49. The SMILES string of the molecule is COCCC1(N)c2ccc(C(=O)c3ccc(C=NN4CCSCC4)cc3)cc2CCC1CC(=O)O. The number of nitrogens with two attached hydrogens (primary N) is 1. The Morgan fingerprint density at radius 1 is 1.20 bits per heavy atom. The predicted octanol–water partition coefficient (Wildman–Crippen LogP) is 3.53. The van der Waals surface area contributed by atoms with Crippen LogP contribution in [0.15, 0.2) is 47.6 Å². The average Bonchev–Trinajstić information content (AvgIpc) is 2.88. The molecule has 2 unspecified atom stereocenters. The lowest BCUT2D eigenvalue weighted by atomic mass is 9.66. The van der Waals surface area contributed by atoms with E-state index < -0.39 is 11.5 Å². The standard InChI is InChI=1S/C27H33N3O4S/c1-34-13-10-27(28)23(17-25(31)32)8-6-21-16-22(7-9-24(21)27)26(33)20-4-2-19(3-5-20)18-29-30-11-14-35-15-12-30/h2-5,7,9,16,18,23H,6,8,10-15,17,28H2,1H3,(H,31,32). The summed E-state index contributed by atoms with van der Waals surface area (Å²) in [4.78, 5) is 24.7. The highest BCUT2D eigenvalue weighted by Crippen LogP contribution is 2.42. The van der Waals surface area contributed by atoms with Gasteiger partial charge in [0.15, 0.2) is 5.78 Å². The van der Waals surface area contributed by atoms with Crippen LogP contribution in [-0.2, 0) is 21.5 Å². The van der Waals surface area contributed by atoms with Gasteiger partial charge in [0.05, 0.1) is 12.6 Å². The number of hydrogen-bond acceptors (Lipinski definition) is 7. The molecule has 3 N–H and O–H groups in total. The van der Waals surface area contributed by atoms with Crippen LogP contribution < -0.4 is 5.73 Å². The maximum atomic E-state index is 13.2. The van der Waals surface area contributed by atoms with Gasteiger partial charge in [-0.2, -0.15) is 16.9 Å². The van der Waals surface area contributed by atoms with Gasteiger partial charge in [-0.15, -0.1) is 0 Å². The van der Waals surface area contributed by atoms with Crippen molar-refractivity contribution in [3.05, 3.63) is 70.3 Å². The number of ether oxygens (including phenoxy) is 1. The first-order valence-corrected chi connectivity index (χ1v) is 13.2. The molecule has 2 aliphatic rings. The number of aryl methyl sites for hydroxylation is 1. The fourth-order valence-corrected chi connectivity index (χ4v) is 5.90. The zero-order chi connectivity index (χ0) is 24.8. The van der Waals surface area contributed by atoms with E-state index >= 15 is 0 Å². The minimum absolute atomic E-state index is 0.0205. The Hall–Kier alpha value is -2.68. The molecule has 0 aromatic heterocycles. The van der Waals surface area contributed by atoms with Gasteiger partial charge in [-0.05, 0) is 47.9 Å². The van der Waals surface area contributed by atoms with Crippen molar-refractivity contribution in [2.24, 2.45) is 16.8 Å². The third-order valence-corrected chi connectivity index (χ3v) is 7.97. The third-order valence-electron chi connectivity index (χ3n) is 7.03. The molecular weight excluding hydrogens is 462 g/mol. The maximum Gasteiger partial charge on any atom is 0.303 e. The molecule has 0 radical (unpaired) electrons. The molecule has 1 aliphatic heterocycles. The summed E-state index contributed by atoms with van der Waals surface area (Å²) in [5, 5.41) is 16.0. The maximum absolute atomic E-state index is 13.2. The Labute approximate surface area is 210 Å². The van der Waals surface area contributed by atoms with Gasteiger partial charge in [0.25, 0.3) is 0 Å². The second-order valence-corrected chi connectivity index (χ2v) is 10.5. The van der Waals surface area contributed by atoms with Crippen LogP contribution in [0.2, 0.25) is 0 Å². The molecule has 1 saturated heterocycles. The van der Waals surface area contributed by atoms with Crippen molar-refractivity contribution in [2.45, 2.75) is 31.2 Å². The summed E-state index contributed by atoms with van der Waals surface area (Å²) in [6, 6.07) is 13.1. The van der Waals surface area contributed by atoms with Crippen molar-refractivity contribution in [3.8, 4) is 0 Å². The van der Waals surface area contributed by atoms with Gasteiger partial charge in [-0.3, -0.25) is 14.6 Å². The number of hydrazone groups is 1. The van der Waals surface area contributed by atoms with Crippen LogP contribution in [0, 0.1) is 5.92 Å². The number of benzene rings is 2. The molecule has 0 bridgehead atoms. The number of carboxylic acid groups (broad SMARTS) is 1. The molecule has 0 saturated carbocycles. The van der Waals surface area contributed by atoms with Crippen molar-refractivity contribution < 1.29 is 19.4 Å². The molecule has 1 fully saturated rings. The normalized spacial score (nSPS) is 22.2. The van der Waals surface area contributed by atoms with E-state index in [9.17, 15) is 14.7 Å². The van der Waals surface area contributed by atoms with E-state index in [4.69, 9.17) is 10.5 Å². The number of aliphatic carboxylic acids is 1. The highest BCUT2D eigenvalue weighted by atomic mass is 32.2. The number of thioether (sulfide) groups is 1. The van der Waals surface area contributed by atoms with Crippen molar-refractivity contribution in [3.63, 3.8) is 0 Å². The van der Waals surface area contributed by atoms with Crippen LogP contribution in [0.25, 0.3) is 0 Å². The highest BCUT2D eigenvalue weighted by molar-refractivity contribution is 7.99. The Bertz CT molecular complexity index is 1080. The number of carboxylic acids is 1. The fraction of sp³-hybridized carbons (Fsp3) is 0.444. The summed E-state index contributed by atoms with van der Waals surface area (Å²) < 4.78 is 5.26. The van der Waals surface area contributed by atoms with E-state index in [1.807, 2.05) is 60.4 Å². The first-order chi connectivity index (χ1) is 16.9. The van der Waals surface area contributed by atoms with Gasteiger partial charge in [0.1, 0.15) is 0 Å². The van der Waals surface area contributed by atoms with Crippen LogP contribution >= 0.6 is 11.8 Å². The van der Waals surface area contributed by atoms with Gasteiger partial charge >= 0.3 is 5.97 Å². The molecule has 2 aromatic carbocycles. The number of carbonyl (C=O) groups excluding carboxylic acids is 1. The van der Waals surface area contributed by atoms with Crippen LogP contribution in [-0.4, -0.2) is 66.4 Å². The summed E-state index contributed by atoms with van der Waals surface area (Å²) in [6.45, 7) is 2.37. The summed E-state index contributed by atoms with van der Waals surface area (Å²) >= 11 is 1.95. The Morgan fingerprint density at radius 2 is 1.91 bits per heavy atom. The summed E-state index contributed by atoms with van der Waals surface area (Å²) in [6.07, 6.45) is 3.76. The fourth-order valence-electron chi connectivity index (χ4n) is 5.01. The van der Waals surface area contributed by atoms with Gasteiger partial charge in [-0.25, -0.2) is 0 Å². The number of hydrogen-bond donors (Lipinski definition) is 2. The summed E-state index contributed by atoms with van der Waals surface area (Å²) in [5.41, 5.74) is 10.2. The first-order valence-electron chi connectivity index (χ1n) is 12.0. The molecule has 186 valence electrons. The predicted molar refractivity (Wildman–Crippen MR) is 139 cm³/mol. The van der Waals surface area contributed by atoms with E-state index in [-0.39, 0.29) is 18.1 Å². The molecule has 8 heteroatoms. The van der Waals surface area contributed by atoms with Gasteiger partial charge in [0, 0.05) is 55.0 Å². The van der Waals surface area contributed by atoms with E-state index in [2.05, 4.69) is 10.1 Å².